The van der Waals surface area contributed by atoms with Crippen LogP contribution in [0.15, 0.2) is 60.8 Å². The second-order valence-corrected chi connectivity index (χ2v) is 10.3. The van der Waals surface area contributed by atoms with Crippen LogP contribution in [0.2, 0.25) is 0 Å². The highest BCUT2D eigenvalue weighted by atomic mass is 19.4. The van der Waals surface area contributed by atoms with E-state index >= 15 is 0 Å². The summed E-state index contributed by atoms with van der Waals surface area (Å²) in [5, 5.41) is 7.17. The Morgan fingerprint density at radius 3 is 2.40 bits per heavy atom. The number of aryl methyl sites for hydroxylation is 1. The fourth-order valence-electron chi connectivity index (χ4n) is 5.01. The van der Waals surface area contributed by atoms with Crippen LogP contribution >= 0.6 is 0 Å². The third-order valence-corrected chi connectivity index (χ3v) is 7.27. The minimum atomic E-state index is -4.49. The molecule has 1 saturated heterocycles. The zero-order chi connectivity index (χ0) is 30.0. The summed E-state index contributed by atoms with van der Waals surface area (Å²) in [6.07, 6.45) is -1.20. The van der Waals surface area contributed by atoms with Gasteiger partial charge in [-0.3, -0.25) is 14.3 Å². The van der Waals surface area contributed by atoms with Gasteiger partial charge < -0.3 is 15.0 Å². The second-order valence-electron chi connectivity index (χ2n) is 10.3. The normalized spacial score (nSPS) is 14.3. The molecular formula is C30H27F5N4O3. The zero-order valence-electron chi connectivity index (χ0n) is 22.5. The molecule has 4 aromatic rings. The Kier molecular flexibility index (Phi) is 8.15. The first-order valence-electron chi connectivity index (χ1n) is 13.3. The Morgan fingerprint density at radius 2 is 1.74 bits per heavy atom. The summed E-state index contributed by atoms with van der Waals surface area (Å²) in [4.78, 5) is 27.1. The van der Waals surface area contributed by atoms with Crippen LogP contribution in [-0.2, 0) is 6.54 Å². The van der Waals surface area contributed by atoms with E-state index in [1.165, 1.54) is 12.1 Å². The first-order valence-corrected chi connectivity index (χ1v) is 13.3. The summed E-state index contributed by atoms with van der Waals surface area (Å²) >= 11 is 0. The monoisotopic (exact) mass is 586 g/mol. The van der Waals surface area contributed by atoms with Crippen molar-refractivity contribution in [3.05, 3.63) is 89.1 Å². The molecular weight excluding hydrogens is 559 g/mol. The van der Waals surface area contributed by atoms with Gasteiger partial charge in [0.05, 0.1) is 5.52 Å². The fraction of sp³-hybridized carbons (Fsp3) is 0.300. The molecule has 1 aromatic heterocycles. The first kappa shape index (κ1) is 29.0. The van der Waals surface area contributed by atoms with Crippen molar-refractivity contribution in [1.82, 2.24) is 20.0 Å². The number of fused-ring (bicyclic) bond motifs is 1. The maximum Gasteiger partial charge on any atom is 0.405 e. The van der Waals surface area contributed by atoms with Crippen LogP contribution in [0, 0.1) is 24.5 Å². The average Bonchev–Trinajstić information content (AvgIpc) is 3.37. The van der Waals surface area contributed by atoms with E-state index in [2.05, 4.69) is 5.10 Å². The smallest absolute Gasteiger partial charge is 0.405 e. The van der Waals surface area contributed by atoms with Gasteiger partial charge in [-0.25, -0.2) is 8.78 Å². The van der Waals surface area contributed by atoms with Gasteiger partial charge in [-0.05, 0) is 79.8 Å². The van der Waals surface area contributed by atoms with Crippen molar-refractivity contribution < 1.29 is 36.3 Å². The van der Waals surface area contributed by atoms with Crippen LogP contribution < -0.4 is 10.1 Å². The maximum atomic E-state index is 13.9. The Bertz CT molecular complexity index is 1610. The van der Waals surface area contributed by atoms with Crippen LogP contribution in [0.3, 0.4) is 0 Å². The highest BCUT2D eigenvalue weighted by Gasteiger charge is 2.28. The number of amides is 2. The molecule has 0 saturated carbocycles. The number of benzene rings is 3. The Hall–Kier alpha value is -4.48. The van der Waals surface area contributed by atoms with Gasteiger partial charge in [0.15, 0.2) is 11.6 Å². The van der Waals surface area contributed by atoms with E-state index in [1.807, 2.05) is 5.32 Å². The first-order chi connectivity index (χ1) is 20.0. The number of rotatable bonds is 7. The lowest BCUT2D eigenvalue weighted by Crippen LogP contribution is -2.39. The zero-order valence-corrected chi connectivity index (χ0v) is 22.5. The SMILES string of the molecule is Cc1c(C(=O)NCC(F)(F)F)ccc2nn(CC3CCN(C(=O)c4ccc(Oc5ccc(F)cc5F)cc4)CC3)cc12. The lowest BCUT2D eigenvalue weighted by Gasteiger charge is -2.32. The van der Waals surface area contributed by atoms with Crippen LogP contribution in [0.4, 0.5) is 22.0 Å². The van der Waals surface area contributed by atoms with Gasteiger partial charge in [-0.15, -0.1) is 0 Å². The van der Waals surface area contributed by atoms with Crippen molar-refractivity contribution in [2.75, 3.05) is 19.6 Å². The molecule has 0 bridgehead atoms. The summed E-state index contributed by atoms with van der Waals surface area (Å²) in [6.45, 7) is 1.97. The number of halogens is 5. The van der Waals surface area contributed by atoms with Crippen molar-refractivity contribution in [2.24, 2.45) is 5.92 Å². The molecule has 1 fully saturated rings. The Balaban J connectivity index is 1.16. The molecule has 0 radical (unpaired) electrons. The fourth-order valence-corrected chi connectivity index (χ4v) is 5.01. The summed E-state index contributed by atoms with van der Waals surface area (Å²) in [5.74, 6) is -2.02. The molecule has 0 unspecified atom stereocenters. The molecule has 220 valence electrons. The largest absolute Gasteiger partial charge is 0.454 e. The van der Waals surface area contributed by atoms with Gasteiger partial charge in [0, 0.05) is 48.4 Å². The van der Waals surface area contributed by atoms with Crippen LogP contribution in [0.25, 0.3) is 10.9 Å². The molecule has 7 nitrogen and oxygen atoms in total. The van der Waals surface area contributed by atoms with E-state index in [0.29, 0.717) is 47.4 Å². The van der Waals surface area contributed by atoms with Crippen molar-refractivity contribution >= 4 is 22.7 Å². The molecule has 1 aliphatic heterocycles. The van der Waals surface area contributed by atoms with Crippen molar-refractivity contribution in [2.45, 2.75) is 32.5 Å². The minimum absolute atomic E-state index is 0.121. The van der Waals surface area contributed by atoms with E-state index < -0.39 is 30.3 Å². The third kappa shape index (κ3) is 6.69. The van der Waals surface area contributed by atoms with Crippen LogP contribution in [-0.4, -0.2) is 52.3 Å². The van der Waals surface area contributed by atoms with Crippen molar-refractivity contribution in [1.29, 1.82) is 0 Å². The molecule has 1 aliphatic rings. The Labute approximate surface area is 237 Å². The minimum Gasteiger partial charge on any atom is -0.454 e. The number of piperidine rings is 1. The topological polar surface area (TPSA) is 76.5 Å². The van der Waals surface area contributed by atoms with Gasteiger partial charge in [0.1, 0.15) is 18.1 Å². The number of carbonyl (C=O) groups excluding carboxylic acids is 2. The lowest BCUT2D eigenvalue weighted by atomic mass is 9.96. The number of nitrogens with zero attached hydrogens (tertiary/aromatic N) is 3. The number of nitrogens with one attached hydrogen (secondary N) is 1. The molecule has 5 rings (SSSR count). The number of likely N-dealkylation sites (tertiary alicyclic amines) is 1. The van der Waals surface area contributed by atoms with Gasteiger partial charge in [0.2, 0.25) is 0 Å². The van der Waals surface area contributed by atoms with E-state index in [-0.39, 0.29) is 23.1 Å². The molecule has 42 heavy (non-hydrogen) atoms. The number of hydrogen-bond donors (Lipinski definition) is 1. The standard InChI is InChI=1S/C30H27F5N4O3/c1-18-23(28(40)36-17-30(33,34)35)7-8-26-24(18)16-39(37-26)15-19-10-12-38(13-11-19)29(41)20-2-5-22(6-3-20)42-27-9-4-21(31)14-25(27)32/h2-9,14,16,19H,10-13,15,17H2,1H3,(H,36,40). The molecule has 0 atom stereocenters. The maximum absolute atomic E-state index is 13.9. The highest BCUT2D eigenvalue weighted by molar-refractivity contribution is 6.00. The Morgan fingerprint density at radius 1 is 1.02 bits per heavy atom. The van der Waals surface area contributed by atoms with Crippen molar-refractivity contribution in [3.8, 4) is 11.5 Å². The van der Waals surface area contributed by atoms with Gasteiger partial charge in [-0.1, -0.05) is 0 Å². The summed E-state index contributed by atoms with van der Waals surface area (Å²) in [7, 11) is 0. The highest BCUT2D eigenvalue weighted by Crippen LogP contribution is 2.27. The second kappa shape index (κ2) is 11.8. The van der Waals surface area contributed by atoms with Gasteiger partial charge in [0.25, 0.3) is 11.8 Å². The summed E-state index contributed by atoms with van der Waals surface area (Å²) < 4.78 is 71.7. The number of hydrogen-bond acceptors (Lipinski definition) is 4. The quantitative estimate of drug-likeness (QED) is 0.260. The van der Waals surface area contributed by atoms with Gasteiger partial charge in [-0.2, -0.15) is 18.3 Å². The van der Waals surface area contributed by atoms with Crippen LogP contribution in [0.5, 0.6) is 11.5 Å². The van der Waals surface area contributed by atoms with E-state index in [4.69, 9.17) is 4.74 Å². The molecule has 2 amide bonds. The third-order valence-electron chi connectivity index (χ3n) is 7.27. The van der Waals surface area contributed by atoms with E-state index in [0.717, 1.165) is 25.0 Å². The number of aromatic nitrogens is 2. The predicted molar refractivity (Wildman–Crippen MR) is 144 cm³/mol. The number of ether oxygens (including phenoxy) is 1. The molecule has 1 N–H and O–H groups in total. The molecule has 0 aliphatic carbocycles. The number of alkyl halides is 3. The molecule has 0 spiro atoms. The lowest BCUT2D eigenvalue weighted by molar-refractivity contribution is -0.123. The average molecular weight is 587 g/mol. The van der Waals surface area contributed by atoms with E-state index in [1.54, 1.807) is 53.0 Å². The predicted octanol–water partition coefficient (Wildman–Crippen LogP) is 6.26. The molecule has 3 aromatic carbocycles. The van der Waals surface area contributed by atoms with Crippen LogP contribution in [0.1, 0.15) is 39.1 Å². The summed E-state index contributed by atoms with van der Waals surface area (Å²) in [5.41, 5.74) is 1.82. The summed E-state index contributed by atoms with van der Waals surface area (Å²) in [6, 6.07) is 12.4. The van der Waals surface area contributed by atoms with E-state index in [9.17, 15) is 31.5 Å². The number of carbonyl (C=O) groups is 2. The van der Waals surface area contributed by atoms with Crippen molar-refractivity contribution in [3.63, 3.8) is 0 Å². The molecule has 12 heteroatoms. The molecule has 2 heterocycles. The van der Waals surface area contributed by atoms with Gasteiger partial charge >= 0.3 is 6.18 Å².